The average molecular weight is 241 g/mol. The van der Waals surface area contributed by atoms with Gasteiger partial charge in [-0.15, -0.1) is 0 Å². The number of phenolic OH excluding ortho intramolecular Hbond substituents is 2. The molecule has 5 heteroatoms. The topological polar surface area (TPSA) is 70.7 Å². The Balaban J connectivity index is 3.15. The van der Waals surface area contributed by atoms with E-state index in [1.165, 1.54) is 13.0 Å². The number of halogens is 1. The molecule has 0 unspecified atom stereocenters. The summed E-state index contributed by atoms with van der Waals surface area (Å²) in [5.41, 5.74) is -0.220. The van der Waals surface area contributed by atoms with E-state index in [9.17, 15) is 15.0 Å². The molecule has 84 valence electrons. The van der Waals surface area contributed by atoms with Crippen molar-refractivity contribution < 1.29 is 14.6 Å². The van der Waals surface area contributed by atoms with Gasteiger partial charge in [0.2, 0.25) is 0 Å². The molecule has 0 spiro atoms. The smallest absolute Gasteiger partial charge is 0.196 e. The van der Waals surface area contributed by atoms with Crippen LogP contribution in [-0.4, -0.2) is 10.2 Å². The van der Waals surface area contributed by atoms with E-state index in [4.69, 9.17) is 16.0 Å². The molecule has 0 aliphatic rings. The van der Waals surface area contributed by atoms with Crippen LogP contribution in [0.4, 0.5) is 0 Å². The maximum atomic E-state index is 11.7. The highest BCUT2D eigenvalue weighted by Gasteiger charge is 2.19. The second-order valence-corrected chi connectivity index (χ2v) is 3.94. The lowest BCUT2D eigenvalue weighted by Gasteiger charge is -2.08. The van der Waals surface area contributed by atoms with Crippen molar-refractivity contribution in [3.05, 3.63) is 32.6 Å². The molecule has 2 N–H and O–H groups in total. The van der Waals surface area contributed by atoms with Crippen LogP contribution in [0.5, 0.6) is 11.5 Å². The van der Waals surface area contributed by atoms with E-state index in [2.05, 4.69) is 0 Å². The molecule has 1 aromatic carbocycles. The Hall–Kier alpha value is -1.68. The number of benzene rings is 1. The molecule has 0 saturated heterocycles. The maximum absolute atomic E-state index is 11.7. The number of rotatable bonds is 0. The summed E-state index contributed by atoms with van der Waals surface area (Å²) in [7, 11) is 0. The SMILES string of the molecule is Cc1cc(=O)c2c(O)c(C)c(O)c(Cl)c2o1. The standard InChI is InChI=1S/C11H9ClO4/c1-4-3-6(13)7-9(14)5(2)10(15)8(12)11(7)16-4/h3,14-15H,1-2H3. The summed E-state index contributed by atoms with van der Waals surface area (Å²) in [4.78, 5) is 11.7. The van der Waals surface area contributed by atoms with Crippen molar-refractivity contribution >= 4 is 22.6 Å². The molecule has 0 saturated carbocycles. The van der Waals surface area contributed by atoms with Gasteiger partial charge in [0.15, 0.2) is 11.0 Å². The number of aryl methyl sites for hydroxylation is 1. The van der Waals surface area contributed by atoms with Crippen LogP contribution in [0.15, 0.2) is 15.3 Å². The van der Waals surface area contributed by atoms with Gasteiger partial charge < -0.3 is 14.6 Å². The Morgan fingerprint density at radius 3 is 2.50 bits per heavy atom. The van der Waals surface area contributed by atoms with Crippen molar-refractivity contribution in [1.29, 1.82) is 0 Å². The number of aromatic hydroxyl groups is 2. The lowest BCUT2D eigenvalue weighted by molar-refractivity contribution is 0.444. The average Bonchev–Trinajstić information content (AvgIpc) is 2.22. The van der Waals surface area contributed by atoms with Gasteiger partial charge in [-0.1, -0.05) is 11.6 Å². The third kappa shape index (κ3) is 1.34. The van der Waals surface area contributed by atoms with Crippen molar-refractivity contribution in [3.63, 3.8) is 0 Å². The van der Waals surface area contributed by atoms with Crippen LogP contribution in [0.1, 0.15) is 11.3 Å². The molecule has 1 aromatic heterocycles. The van der Waals surface area contributed by atoms with Gasteiger partial charge in [-0.25, -0.2) is 0 Å². The zero-order chi connectivity index (χ0) is 12.0. The van der Waals surface area contributed by atoms with E-state index in [1.54, 1.807) is 6.92 Å². The first-order chi connectivity index (χ1) is 7.43. The molecule has 0 bridgehead atoms. The normalized spacial score (nSPS) is 10.9. The van der Waals surface area contributed by atoms with E-state index < -0.39 is 0 Å². The fourth-order valence-electron chi connectivity index (χ4n) is 1.56. The molecular weight excluding hydrogens is 232 g/mol. The first-order valence-electron chi connectivity index (χ1n) is 4.58. The molecule has 0 amide bonds. The lowest BCUT2D eigenvalue weighted by Crippen LogP contribution is -2.02. The Labute approximate surface area is 95.7 Å². The largest absolute Gasteiger partial charge is 0.507 e. The van der Waals surface area contributed by atoms with Crippen molar-refractivity contribution in [2.45, 2.75) is 13.8 Å². The highest BCUT2D eigenvalue weighted by molar-refractivity contribution is 6.36. The molecule has 0 aliphatic carbocycles. The van der Waals surface area contributed by atoms with E-state index in [0.717, 1.165) is 0 Å². The maximum Gasteiger partial charge on any atom is 0.196 e. The predicted molar refractivity (Wildman–Crippen MR) is 60.3 cm³/mol. The molecule has 0 aliphatic heterocycles. The van der Waals surface area contributed by atoms with E-state index in [1.807, 2.05) is 0 Å². The van der Waals surface area contributed by atoms with Crippen LogP contribution in [0, 0.1) is 13.8 Å². The molecule has 1 heterocycles. The van der Waals surface area contributed by atoms with Gasteiger partial charge in [-0.05, 0) is 13.8 Å². The minimum Gasteiger partial charge on any atom is -0.507 e. The number of hydrogen-bond donors (Lipinski definition) is 2. The van der Waals surface area contributed by atoms with Gasteiger partial charge in [0.1, 0.15) is 27.7 Å². The van der Waals surface area contributed by atoms with Crippen LogP contribution in [0.25, 0.3) is 11.0 Å². The molecule has 4 nitrogen and oxygen atoms in total. The van der Waals surface area contributed by atoms with Gasteiger partial charge in [-0.2, -0.15) is 0 Å². The summed E-state index contributed by atoms with van der Waals surface area (Å²) >= 11 is 5.85. The van der Waals surface area contributed by atoms with E-state index in [0.29, 0.717) is 5.76 Å². The zero-order valence-electron chi connectivity index (χ0n) is 8.67. The van der Waals surface area contributed by atoms with Gasteiger partial charge >= 0.3 is 0 Å². The second-order valence-electron chi connectivity index (χ2n) is 3.56. The van der Waals surface area contributed by atoms with Crippen molar-refractivity contribution in [2.24, 2.45) is 0 Å². The molecule has 2 rings (SSSR count). The Morgan fingerprint density at radius 2 is 1.88 bits per heavy atom. The summed E-state index contributed by atoms with van der Waals surface area (Å²) in [6, 6.07) is 1.26. The molecule has 16 heavy (non-hydrogen) atoms. The minimum atomic E-state index is -0.388. The fraction of sp³-hybridized carbons (Fsp3) is 0.182. The summed E-state index contributed by atoms with van der Waals surface area (Å²) in [5.74, 6) is -0.215. The quantitative estimate of drug-likeness (QED) is 0.742. The summed E-state index contributed by atoms with van der Waals surface area (Å²) in [6.45, 7) is 3.06. The molecule has 0 fully saturated rings. The number of hydrogen-bond acceptors (Lipinski definition) is 4. The fourth-order valence-corrected chi connectivity index (χ4v) is 1.84. The molecule has 2 aromatic rings. The monoisotopic (exact) mass is 240 g/mol. The zero-order valence-corrected chi connectivity index (χ0v) is 9.42. The van der Waals surface area contributed by atoms with Crippen molar-refractivity contribution in [1.82, 2.24) is 0 Å². The van der Waals surface area contributed by atoms with Gasteiger partial charge in [0.05, 0.1) is 0 Å². The van der Waals surface area contributed by atoms with Crippen LogP contribution in [0.3, 0.4) is 0 Å². The Bertz CT molecular complexity index is 643. The Kier molecular flexibility index (Phi) is 2.31. The molecule has 0 atom stereocenters. The van der Waals surface area contributed by atoms with Crippen LogP contribution in [0.2, 0.25) is 5.02 Å². The first-order valence-corrected chi connectivity index (χ1v) is 4.95. The first kappa shape index (κ1) is 10.8. The van der Waals surface area contributed by atoms with Gasteiger partial charge in [-0.3, -0.25) is 4.79 Å². The van der Waals surface area contributed by atoms with Crippen LogP contribution >= 0.6 is 11.6 Å². The van der Waals surface area contributed by atoms with Crippen molar-refractivity contribution in [2.75, 3.05) is 0 Å². The number of phenols is 2. The van der Waals surface area contributed by atoms with Crippen LogP contribution < -0.4 is 5.43 Å². The van der Waals surface area contributed by atoms with Crippen LogP contribution in [-0.2, 0) is 0 Å². The van der Waals surface area contributed by atoms with E-state index >= 15 is 0 Å². The van der Waals surface area contributed by atoms with Crippen molar-refractivity contribution in [3.8, 4) is 11.5 Å². The third-order valence-electron chi connectivity index (χ3n) is 2.43. The van der Waals surface area contributed by atoms with Gasteiger partial charge in [0.25, 0.3) is 0 Å². The summed E-state index contributed by atoms with van der Waals surface area (Å²) in [6.07, 6.45) is 0. The number of fused-ring (bicyclic) bond motifs is 1. The second kappa shape index (κ2) is 3.42. The Morgan fingerprint density at radius 1 is 1.25 bits per heavy atom. The molecule has 0 radical (unpaired) electrons. The minimum absolute atomic E-state index is 0.00673. The highest BCUT2D eigenvalue weighted by atomic mass is 35.5. The summed E-state index contributed by atoms with van der Waals surface area (Å²) < 4.78 is 5.24. The summed E-state index contributed by atoms with van der Waals surface area (Å²) in [5, 5.41) is 19.3. The van der Waals surface area contributed by atoms with Gasteiger partial charge in [0, 0.05) is 11.6 Å². The van der Waals surface area contributed by atoms with E-state index in [-0.39, 0.29) is 38.5 Å². The lowest BCUT2D eigenvalue weighted by atomic mass is 10.1. The highest BCUT2D eigenvalue weighted by Crippen LogP contribution is 2.40. The predicted octanol–water partition coefficient (Wildman–Crippen LogP) is 2.47. The third-order valence-corrected chi connectivity index (χ3v) is 2.78. The molecular formula is C11H9ClO4.